The summed E-state index contributed by atoms with van der Waals surface area (Å²) >= 11 is 0. The topological polar surface area (TPSA) is 29.1 Å². The van der Waals surface area contributed by atoms with Gasteiger partial charge in [0.2, 0.25) is 5.91 Å². The number of amides is 1. The Morgan fingerprint density at radius 1 is 1.27 bits per heavy atom. The maximum Gasteiger partial charge on any atom is 0.220 e. The van der Waals surface area contributed by atoms with Crippen molar-refractivity contribution >= 4 is 5.91 Å². The monoisotopic (exact) mass is 211 g/mol. The van der Waals surface area contributed by atoms with Crippen LogP contribution < -0.4 is 5.32 Å². The van der Waals surface area contributed by atoms with E-state index in [0.717, 1.165) is 0 Å². The van der Waals surface area contributed by atoms with Gasteiger partial charge in [0.1, 0.15) is 0 Å². The zero-order chi connectivity index (χ0) is 12.1. The van der Waals surface area contributed by atoms with Gasteiger partial charge in [0.15, 0.2) is 0 Å². The van der Waals surface area contributed by atoms with E-state index in [1.165, 1.54) is 0 Å². The van der Waals surface area contributed by atoms with Crippen molar-refractivity contribution in [1.29, 1.82) is 0 Å². The second kappa shape index (κ2) is 5.94. The molecule has 0 aromatic heterocycles. The largest absolute Gasteiger partial charge is 0.348 e. The van der Waals surface area contributed by atoms with Gasteiger partial charge in [-0.15, -0.1) is 0 Å². The van der Waals surface area contributed by atoms with Gasteiger partial charge >= 0.3 is 0 Å². The first-order chi connectivity index (χ1) is 6.73. The Kier molecular flexibility index (Phi) is 5.63. The van der Waals surface area contributed by atoms with E-state index in [9.17, 15) is 4.79 Å². The van der Waals surface area contributed by atoms with E-state index in [1.807, 2.05) is 13.8 Å². The molecule has 0 spiro atoms. The standard InChI is InChI=1S/C13H25NO/c1-10(2)7-8-13(5,6)14-12(15)9-11(3)4/h7-8,10-11H,9H2,1-6H3,(H,14,15)/b8-7+. The van der Waals surface area contributed by atoms with Gasteiger partial charge in [0.05, 0.1) is 5.54 Å². The van der Waals surface area contributed by atoms with Crippen LogP contribution in [0.3, 0.4) is 0 Å². The summed E-state index contributed by atoms with van der Waals surface area (Å²) in [5.41, 5.74) is -0.240. The third kappa shape index (κ3) is 8.22. The average Bonchev–Trinajstić information content (AvgIpc) is 1.98. The summed E-state index contributed by atoms with van der Waals surface area (Å²) in [5, 5.41) is 3.02. The molecule has 0 saturated heterocycles. The van der Waals surface area contributed by atoms with Crippen molar-refractivity contribution in [2.24, 2.45) is 11.8 Å². The van der Waals surface area contributed by atoms with Crippen LogP contribution in [0.4, 0.5) is 0 Å². The van der Waals surface area contributed by atoms with E-state index in [4.69, 9.17) is 0 Å². The molecule has 0 radical (unpaired) electrons. The van der Waals surface area contributed by atoms with Crippen molar-refractivity contribution in [3.63, 3.8) is 0 Å². The van der Waals surface area contributed by atoms with Crippen molar-refractivity contribution in [2.45, 2.75) is 53.5 Å². The number of hydrogen-bond acceptors (Lipinski definition) is 1. The van der Waals surface area contributed by atoms with Crippen LogP contribution in [0.15, 0.2) is 12.2 Å². The Bertz CT molecular complexity index is 227. The lowest BCUT2D eigenvalue weighted by Gasteiger charge is -2.23. The molecule has 0 heterocycles. The molecule has 0 aliphatic heterocycles. The highest BCUT2D eigenvalue weighted by atomic mass is 16.1. The summed E-state index contributed by atoms with van der Waals surface area (Å²) in [4.78, 5) is 11.6. The molecule has 1 amide bonds. The molecular formula is C13H25NO. The van der Waals surface area contributed by atoms with Gasteiger partial charge in [-0.1, -0.05) is 39.8 Å². The summed E-state index contributed by atoms with van der Waals surface area (Å²) in [5.74, 6) is 1.06. The molecule has 0 rings (SSSR count). The zero-order valence-electron chi connectivity index (χ0n) is 10.9. The van der Waals surface area contributed by atoms with Gasteiger partial charge in [0.25, 0.3) is 0 Å². The summed E-state index contributed by atoms with van der Waals surface area (Å²) in [6, 6.07) is 0. The molecule has 2 heteroatoms. The Balaban J connectivity index is 4.19. The summed E-state index contributed by atoms with van der Waals surface area (Å²) in [6.45, 7) is 12.4. The lowest BCUT2D eigenvalue weighted by Crippen LogP contribution is -2.42. The number of allylic oxidation sites excluding steroid dienone is 1. The molecule has 88 valence electrons. The first-order valence-electron chi connectivity index (χ1n) is 5.73. The van der Waals surface area contributed by atoms with Crippen LogP contribution in [-0.4, -0.2) is 11.4 Å². The first-order valence-corrected chi connectivity index (χ1v) is 5.73. The van der Waals surface area contributed by atoms with Crippen LogP contribution in [0.25, 0.3) is 0 Å². The minimum atomic E-state index is -0.240. The molecule has 0 bridgehead atoms. The summed E-state index contributed by atoms with van der Waals surface area (Å²) < 4.78 is 0. The maximum absolute atomic E-state index is 11.6. The highest BCUT2D eigenvalue weighted by Gasteiger charge is 2.17. The van der Waals surface area contributed by atoms with Gasteiger partial charge in [-0.2, -0.15) is 0 Å². The van der Waals surface area contributed by atoms with Crippen LogP contribution >= 0.6 is 0 Å². The molecule has 0 fully saturated rings. The van der Waals surface area contributed by atoms with Crippen LogP contribution in [0.1, 0.15) is 48.0 Å². The van der Waals surface area contributed by atoms with Crippen molar-refractivity contribution in [1.82, 2.24) is 5.32 Å². The SMILES string of the molecule is CC(C)/C=C/C(C)(C)NC(=O)CC(C)C. The van der Waals surface area contributed by atoms with E-state index in [2.05, 4.69) is 45.2 Å². The molecule has 0 saturated carbocycles. The minimum Gasteiger partial charge on any atom is -0.348 e. The molecule has 0 aromatic rings. The Labute approximate surface area is 94.1 Å². The molecule has 2 nitrogen and oxygen atoms in total. The van der Waals surface area contributed by atoms with Crippen molar-refractivity contribution < 1.29 is 4.79 Å². The smallest absolute Gasteiger partial charge is 0.220 e. The first kappa shape index (κ1) is 14.2. The third-order valence-electron chi connectivity index (χ3n) is 1.95. The molecule has 0 unspecified atom stereocenters. The van der Waals surface area contributed by atoms with Crippen LogP contribution in [-0.2, 0) is 4.79 Å². The highest BCUT2D eigenvalue weighted by Crippen LogP contribution is 2.09. The lowest BCUT2D eigenvalue weighted by atomic mass is 10.0. The van der Waals surface area contributed by atoms with E-state index in [1.54, 1.807) is 0 Å². The van der Waals surface area contributed by atoms with E-state index < -0.39 is 0 Å². The quantitative estimate of drug-likeness (QED) is 0.695. The van der Waals surface area contributed by atoms with E-state index >= 15 is 0 Å². The molecule has 0 atom stereocenters. The number of carbonyl (C=O) groups is 1. The summed E-state index contributed by atoms with van der Waals surface area (Å²) in [6.07, 6.45) is 4.78. The molecule has 0 aliphatic rings. The van der Waals surface area contributed by atoms with Gasteiger partial charge < -0.3 is 5.32 Å². The number of carbonyl (C=O) groups excluding carboxylic acids is 1. The zero-order valence-corrected chi connectivity index (χ0v) is 10.9. The highest BCUT2D eigenvalue weighted by molar-refractivity contribution is 5.77. The molecular weight excluding hydrogens is 186 g/mol. The van der Waals surface area contributed by atoms with Crippen LogP contribution in [0.5, 0.6) is 0 Å². The fraction of sp³-hybridized carbons (Fsp3) is 0.769. The number of hydrogen-bond donors (Lipinski definition) is 1. The molecule has 0 aromatic carbocycles. The molecule has 1 N–H and O–H groups in total. The van der Waals surface area contributed by atoms with Crippen molar-refractivity contribution in [3.05, 3.63) is 12.2 Å². The number of nitrogens with one attached hydrogen (secondary N) is 1. The van der Waals surface area contributed by atoms with Gasteiger partial charge in [0, 0.05) is 6.42 Å². The van der Waals surface area contributed by atoms with Gasteiger partial charge in [-0.25, -0.2) is 0 Å². The van der Waals surface area contributed by atoms with Crippen molar-refractivity contribution in [3.8, 4) is 0 Å². The summed E-state index contributed by atoms with van der Waals surface area (Å²) in [7, 11) is 0. The normalized spacial score (nSPS) is 12.8. The lowest BCUT2D eigenvalue weighted by molar-refractivity contribution is -0.122. The van der Waals surface area contributed by atoms with E-state index in [0.29, 0.717) is 18.3 Å². The fourth-order valence-corrected chi connectivity index (χ4v) is 1.26. The predicted octanol–water partition coefficient (Wildman–Crippen LogP) is 3.14. The van der Waals surface area contributed by atoms with Crippen LogP contribution in [0, 0.1) is 11.8 Å². The Morgan fingerprint density at radius 2 is 1.80 bits per heavy atom. The van der Waals surface area contributed by atoms with Gasteiger partial charge in [-0.05, 0) is 25.7 Å². The second-order valence-electron chi connectivity index (χ2n) is 5.47. The van der Waals surface area contributed by atoms with Gasteiger partial charge in [-0.3, -0.25) is 4.79 Å². The van der Waals surface area contributed by atoms with Crippen LogP contribution in [0.2, 0.25) is 0 Å². The molecule has 15 heavy (non-hydrogen) atoms. The Morgan fingerprint density at radius 3 is 2.20 bits per heavy atom. The average molecular weight is 211 g/mol. The van der Waals surface area contributed by atoms with E-state index in [-0.39, 0.29) is 11.4 Å². The number of rotatable bonds is 5. The second-order valence-corrected chi connectivity index (χ2v) is 5.47. The predicted molar refractivity (Wildman–Crippen MR) is 65.7 cm³/mol. The third-order valence-corrected chi connectivity index (χ3v) is 1.95. The van der Waals surface area contributed by atoms with Crippen molar-refractivity contribution in [2.75, 3.05) is 0 Å². The molecule has 0 aliphatic carbocycles. The maximum atomic E-state index is 11.6. The Hall–Kier alpha value is -0.790. The minimum absolute atomic E-state index is 0.128. The fourth-order valence-electron chi connectivity index (χ4n) is 1.26.